The monoisotopic (exact) mass is 393 g/mol. The molecule has 0 saturated heterocycles. The van der Waals surface area contributed by atoms with Crippen molar-refractivity contribution in [2.45, 2.75) is 26.3 Å². The number of fused-ring (bicyclic) bond motifs is 1. The highest BCUT2D eigenvalue weighted by Gasteiger charge is 2.21. The SMILES string of the molecule is CC(C)c1c(C(=O)NCc2cn3ccccc3n2)cnn1-c1cccc(Cl)c1. The van der Waals surface area contributed by atoms with Gasteiger partial charge in [-0.05, 0) is 36.2 Å². The zero-order chi connectivity index (χ0) is 19.7. The maximum absolute atomic E-state index is 12.8. The Hall–Kier alpha value is -3.12. The Labute approximate surface area is 167 Å². The Morgan fingerprint density at radius 3 is 2.82 bits per heavy atom. The molecule has 0 aliphatic carbocycles. The number of rotatable bonds is 5. The predicted molar refractivity (Wildman–Crippen MR) is 109 cm³/mol. The summed E-state index contributed by atoms with van der Waals surface area (Å²) in [7, 11) is 0. The van der Waals surface area contributed by atoms with Gasteiger partial charge >= 0.3 is 0 Å². The van der Waals surface area contributed by atoms with E-state index in [0.29, 0.717) is 17.1 Å². The first-order valence-corrected chi connectivity index (χ1v) is 9.45. The first kappa shape index (κ1) is 18.3. The minimum absolute atomic E-state index is 0.109. The van der Waals surface area contributed by atoms with Crippen LogP contribution < -0.4 is 5.32 Å². The van der Waals surface area contributed by atoms with Crippen molar-refractivity contribution in [1.29, 1.82) is 0 Å². The maximum Gasteiger partial charge on any atom is 0.255 e. The van der Waals surface area contributed by atoms with Gasteiger partial charge in [-0.3, -0.25) is 4.79 Å². The molecule has 0 unspecified atom stereocenters. The molecule has 7 heteroatoms. The number of hydrogen-bond acceptors (Lipinski definition) is 3. The van der Waals surface area contributed by atoms with Crippen LogP contribution in [0.15, 0.2) is 61.1 Å². The standard InChI is InChI=1S/C21H20ClN5O/c1-14(2)20-18(12-24-27(20)17-7-5-6-15(22)10-17)21(28)23-11-16-13-26-9-4-3-8-19(26)25-16/h3-10,12-14H,11H2,1-2H3,(H,23,28). The Balaban J connectivity index is 1.58. The lowest BCUT2D eigenvalue weighted by atomic mass is 10.0. The number of nitrogens with zero attached hydrogens (tertiary/aromatic N) is 4. The molecule has 0 saturated carbocycles. The lowest BCUT2D eigenvalue weighted by Gasteiger charge is -2.13. The van der Waals surface area contributed by atoms with Gasteiger partial charge in [-0.1, -0.05) is 37.6 Å². The molecule has 3 heterocycles. The summed E-state index contributed by atoms with van der Waals surface area (Å²) in [4.78, 5) is 17.4. The fraction of sp³-hybridized carbons (Fsp3) is 0.190. The number of carbonyl (C=O) groups is 1. The highest BCUT2D eigenvalue weighted by Crippen LogP contribution is 2.24. The average molecular weight is 394 g/mol. The lowest BCUT2D eigenvalue weighted by molar-refractivity contribution is 0.0949. The number of imidazole rings is 1. The number of benzene rings is 1. The average Bonchev–Trinajstić information content (AvgIpc) is 3.30. The third-order valence-corrected chi connectivity index (χ3v) is 4.73. The van der Waals surface area contributed by atoms with Crippen LogP contribution in [0.1, 0.15) is 41.5 Å². The van der Waals surface area contributed by atoms with Gasteiger partial charge in [-0.25, -0.2) is 9.67 Å². The van der Waals surface area contributed by atoms with E-state index >= 15 is 0 Å². The zero-order valence-corrected chi connectivity index (χ0v) is 16.4. The van der Waals surface area contributed by atoms with Crippen molar-refractivity contribution in [3.05, 3.63) is 83.0 Å². The highest BCUT2D eigenvalue weighted by molar-refractivity contribution is 6.30. The molecule has 28 heavy (non-hydrogen) atoms. The summed E-state index contributed by atoms with van der Waals surface area (Å²) in [6.45, 7) is 4.42. The molecular formula is C21H20ClN5O. The zero-order valence-electron chi connectivity index (χ0n) is 15.6. The molecule has 4 rings (SSSR count). The number of pyridine rings is 1. The van der Waals surface area contributed by atoms with Gasteiger partial charge in [-0.15, -0.1) is 0 Å². The fourth-order valence-corrected chi connectivity index (χ4v) is 3.42. The number of amides is 1. The van der Waals surface area contributed by atoms with E-state index in [1.165, 1.54) is 0 Å². The van der Waals surface area contributed by atoms with Gasteiger partial charge in [0.2, 0.25) is 0 Å². The van der Waals surface area contributed by atoms with Crippen LogP contribution in [-0.4, -0.2) is 25.1 Å². The number of carbonyl (C=O) groups excluding carboxylic acids is 1. The molecule has 1 N–H and O–H groups in total. The Morgan fingerprint density at radius 2 is 2.07 bits per heavy atom. The molecule has 0 spiro atoms. The second-order valence-electron chi connectivity index (χ2n) is 6.87. The van der Waals surface area contributed by atoms with Crippen LogP contribution in [0.25, 0.3) is 11.3 Å². The number of halogens is 1. The number of aromatic nitrogens is 4. The smallest absolute Gasteiger partial charge is 0.255 e. The second kappa shape index (κ2) is 7.48. The molecular weight excluding hydrogens is 374 g/mol. The van der Waals surface area contributed by atoms with E-state index in [1.54, 1.807) is 10.9 Å². The quantitative estimate of drug-likeness (QED) is 0.552. The van der Waals surface area contributed by atoms with E-state index in [9.17, 15) is 4.79 Å². The van der Waals surface area contributed by atoms with Crippen LogP contribution in [0.4, 0.5) is 0 Å². The van der Waals surface area contributed by atoms with Crippen molar-refractivity contribution >= 4 is 23.2 Å². The maximum atomic E-state index is 12.8. The van der Waals surface area contributed by atoms with E-state index in [0.717, 1.165) is 22.7 Å². The largest absolute Gasteiger partial charge is 0.346 e. The Kier molecular flexibility index (Phi) is 4.88. The van der Waals surface area contributed by atoms with Crippen molar-refractivity contribution < 1.29 is 4.79 Å². The van der Waals surface area contributed by atoms with Gasteiger partial charge in [0.1, 0.15) is 5.65 Å². The van der Waals surface area contributed by atoms with Gasteiger partial charge in [0.15, 0.2) is 0 Å². The first-order valence-electron chi connectivity index (χ1n) is 9.07. The fourth-order valence-electron chi connectivity index (χ4n) is 3.24. The molecule has 0 atom stereocenters. The topological polar surface area (TPSA) is 64.2 Å². The Bertz CT molecular complexity index is 1110. The molecule has 0 bridgehead atoms. The summed E-state index contributed by atoms with van der Waals surface area (Å²) in [6, 6.07) is 13.2. The molecule has 1 amide bonds. The van der Waals surface area contributed by atoms with Gasteiger partial charge < -0.3 is 9.72 Å². The van der Waals surface area contributed by atoms with Crippen LogP contribution in [0.5, 0.6) is 0 Å². The van der Waals surface area contributed by atoms with Crippen molar-refractivity contribution in [3.63, 3.8) is 0 Å². The van der Waals surface area contributed by atoms with E-state index in [2.05, 4.69) is 15.4 Å². The summed E-state index contributed by atoms with van der Waals surface area (Å²) < 4.78 is 3.70. The van der Waals surface area contributed by atoms with Crippen molar-refractivity contribution in [1.82, 2.24) is 24.5 Å². The van der Waals surface area contributed by atoms with Crippen LogP contribution >= 0.6 is 11.6 Å². The van der Waals surface area contributed by atoms with E-state index < -0.39 is 0 Å². The number of hydrogen-bond donors (Lipinski definition) is 1. The summed E-state index contributed by atoms with van der Waals surface area (Å²) in [6.07, 6.45) is 5.45. The van der Waals surface area contributed by atoms with Gasteiger partial charge in [-0.2, -0.15) is 5.10 Å². The third-order valence-electron chi connectivity index (χ3n) is 4.49. The van der Waals surface area contributed by atoms with Crippen molar-refractivity contribution in [2.75, 3.05) is 0 Å². The van der Waals surface area contributed by atoms with Crippen LogP contribution in [0.3, 0.4) is 0 Å². The second-order valence-corrected chi connectivity index (χ2v) is 7.31. The number of nitrogens with one attached hydrogen (secondary N) is 1. The molecule has 0 aliphatic rings. The molecule has 6 nitrogen and oxygen atoms in total. The predicted octanol–water partition coefficient (Wildman–Crippen LogP) is 4.23. The molecule has 4 aromatic rings. The van der Waals surface area contributed by atoms with Gasteiger partial charge in [0.05, 0.1) is 35.4 Å². The summed E-state index contributed by atoms with van der Waals surface area (Å²) in [5, 5.41) is 8.02. The molecule has 0 radical (unpaired) electrons. The Morgan fingerprint density at radius 1 is 1.21 bits per heavy atom. The molecule has 3 aromatic heterocycles. The van der Waals surface area contributed by atoms with Gasteiger partial charge in [0.25, 0.3) is 5.91 Å². The summed E-state index contributed by atoms with van der Waals surface area (Å²) in [5.74, 6) is -0.0635. The minimum atomic E-state index is -0.172. The van der Waals surface area contributed by atoms with Crippen LogP contribution in [0, 0.1) is 0 Å². The van der Waals surface area contributed by atoms with Crippen LogP contribution in [-0.2, 0) is 6.54 Å². The van der Waals surface area contributed by atoms with E-state index in [-0.39, 0.29) is 11.8 Å². The summed E-state index contributed by atoms with van der Waals surface area (Å²) >= 11 is 6.12. The molecule has 142 valence electrons. The normalized spacial score (nSPS) is 11.3. The summed E-state index contributed by atoms with van der Waals surface area (Å²) in [5.41, 5.74) is 3.88. The van der Waals surface area contributed by atoms with Crippen LogP contribution in [0.2, 0.25) is 5.02 Å². The minimum Gasteiger partial charge on any atom is -0.346 e. The van der Waals surface area contributed by atoms with E-state index in [1.807, 2.05) is 73.1 Å². The van der Waals surface area contributed by atoms with E-state index in [4.69, 9.17) is 11.6 Å². The highest BCUT2D eigenvalue weighted by atomic mass is 35.5. The molecule has 0 aliphatic heterocycles. The van der Waals surface area contributed by atoms with Crippen molar-refractivity contribution in [2.24, 2.45) is 0 Å². The molecule has 1 aromatic carbocycles. The third kappa shape index (κ3) is 3.51. The molecule has 0 fully saturated rings. The van der Waals surface area contributed by atoms with Crippen molar-refractivity contribution in [3.8, 4) is 5.69 Å². The first-order chi connectivity index (χ1) is 13.5. The lowest BCUT2D eigenvalue weighted by Crippen LogP contribution is -2.24. The van der Waals surface area contributed by atoms with Gasteiger partial charge in [0, 0.05) is 17.4 Å².